The minimum atomic E-state index is -2.65. The van der Waals surface area contributed by atoms with Gasteiger partial charge in [0.25, 0.3) is 0 Å². The third-order valence-electron chi connectivity index (χ3n) is 2.65. The van der Waals surface area contributed by atoms with E-state index in [1.807, 2.05) is 4.90 Å². The molecule has 0 amide bonds. The van der Waals surface area contributed by atoms with Gasteiger partial charge in [0, 0.05) is 19.5 Å². The Balaban J connectivity index is 2.65. The van der Waals surface area contributed by atoms with E-state index in [4.69, 9.17) is 12.2 Å². The Kier molecular flexibility index (Phi) is 5.30. The maximum Gasteiger partial charge on any atom is 0.216 e. The molecule has 0 aromatic carbocycles. The topological polar surface area (TPSA) is 52.6 Å². The largest absolute Gasteiger partial charge is 0.359 e. The first-order valence-corrected chi connectivity index (χ1v) is 7.74. The van der Waals surface area contributed by atoms with E-state index in [0.29, 0.717) is 30.4 Å². The smallest absolute Gasteiger partial charge is 0.216 e. The van der Waals surface area contributed by atoms with Crippen LogP contribution in [0, 0.1) is 0 Å². The van der Waals surface area contributed by atoms with Crippen LogP contribution < -0.4 is 5.32 Å². The second-order valence-corrected chi connectivity index (χ2v) is 6.68. The zero-order chi connectivity index (χ0) is 12.9. The molecule has 1 heterocycles. The first kappa shape index (κ1) is 14.3. The van der Waals surface area contributed by atoms with Crippen LogP contribution in [0.2, 0.25) is 0 Å². The Morgan fingerprint density at radius 1 is 1.59 bits per heavy atom. The summed E-state index contributed by atoms with van der Waals surface area (Å²) in [7, 11) is -2.65. The van der Waals surface area contributed by atoms with E-state index in [2.05, 4.69) is 18.5 Å². The van der Waals surface area contributed by atoms with Gasteiger partial charge in [-0.3, -0.25) is 0 Å². The van der Waals surface area contributed by atoms with Gasteiger partial charge in [-0.25, -0.2) is 0 Å². The number of nitrogens with one attached hydrogen (secondary N) is 1. The summed E-state index contributed by atoms with van der Waals surface area (Å²) >= 11 is 5.26. The average Bonchev–Trinajstić information content (AvgIpc) is 2.63. The SMILES string of the molecule is C=CCNC(=S)N(CC=C)[C@H]1CC[S+](=O)(O)C1. The molecule has 6 heteroatoms. The lowest BCUT2D eigenvalue weighted by Gasteiger charge is -2.28. The van der Waals surface area contributed by atoms with Gasteiger partial charge in [-0.15, -0.1) is 13.2 Å². The molecule has 0 aliphatic carbocycles. The highest BCUT2D eigenvalue weighted by Gasteiger charge is 2.41. The molecule has 1 fully saturated rings. The Bertz CT molecular complexity index is 357. The number of rotatable bonds is 5. The van der Waals surface area contributed by atoms with Crippen molar-refractivity contribution in [2.45, 2.75) is 12.5 Å². The van der Waals surface area contributed by atoms with Gasteiger partial charge < -0.3 is 10.2 Å². The lowest BCUT2D eigenvalue weighted by atomic mass is 10.2. The van der Waals surface area contributed by atoms with Gasteiger partial charge in [-0.05, 0) is 12.2 Å². The van der Waals surface area contributed by atoms with Crippen LogP contribution in [0.3, 0.4) is 0 Å². The Morgan fingerprint density at radius 2 is 2.29 bits per heavy atom. The van der Waals surface area contributed by atoms with Gasteiger partial charge in [0.2, 0.25) is 10.2 Å². The van der Waals surface area contributed by atoms with Crippen molar-refractivity contribution in [1.29, 1.82) is 0 Å². The Labute approximate surface area is 109 Å². The van der Waals surface area contributed by atoms with Crippen molar-refractivity contribution in [2.24, 2.45) is 0 Å². The van der Waals surface area contributed by atoms with Crippen LogP contribution in [0.25, 0.3) is 0 Å². The molecule has 0 aromatic rings. The summed E-state index contributed by atoms with van der Waals surface area (Å²) in [6.07, 6.45) is 4.17. The standard InChI is InChI=1S/C11H18N2O2S2/c1-3-6-12-11(16)13(7-4-2)10-5-8-17(14,15)9-10/h3-4,10H,1-2,5-9H2,(H-,12,14,15,16)/p+1/t10-/m0/s1. The monoisotopic (exact) mass is 275 g/mol. The fraction of sp³-hybridized carbons (Fsp3) is 0.545. The van der Waals surface area contributed by atoms with E-state index < -0.39 is 10.2 Å². The molecular weight excluding hydrogens is 256 g/mol. The molecule has 0 bridgehead atoms. The maximum absolute atomic E-state index is 11.6. The molecule has 0 saturated carbocycles. The molecule has 1 aliphatic rings. The minimum absolute atomic E-state index is 0.0234. The fourth-order valence-electron chi connectivity index (χ4n) is 1.83. The molecular formula is C11H19N2O2S2+. The maximum atomic E-state index is 11.6. The van der Waals surface area contributed by atoms with Crippen molar-refractivity contribution >= 4 is 27.5 Å². The number of hydrogen-bond acceptors (Lipinski definition) is 2. The van der Waals surface area contributed by atoms with Gasteiger partial charge >= 0.3 is 0 Å². The summed E-state index contributed by atoms with van der Waals surface area (Å²) in [6, 6.07) is 0.0234. The van der Waals surface area contributed by atoms with Gasteiger partial charge in [0.15, 0.2) is 10.9 Å². The molecule has 96 valence electrons. The number of thiocarbonyl (C=S) groups is 1. The summed E-state index contributed by atoms with van der Waals surface area (Å²) in [5.41, 5.74) is 0. The molecule has 2 N–H and O–H groups in total. The quantitative estimate of drug-likeness (QED) is 0.450. The van der Waals surface area contributed by atoms with Crippen molar-refractivity contribution < 1.29 is 8.76 Å². The minimum Gasteiger partial charge on any atom is -0.359 e. The normalized spacial score (nSPS) is 27.5. The third-order valence-corrected chi connectivity index (χ3v) is 4.81. The molecule has 17 heavy (non-hydrogen) atoms. The molecule has 1 rings (SSSR count). The predicted molar refractivity (Wildman–Crippen MR) is 76.5 cm³/mol. The summed E-state index contributed by atoms with van der Waals surface area (Å²) in [5, 5.41) is 3.63. The van der Waals surface area contributed by atoms with E-state index in [0.717, 1.165) is 0 Å². The van der Waals surface area contributed by atoms with E-state index in [-0.39, 0.29) is 11.8 Å². The van der Waals surface area contributed by atoms with E-state index in [1.165, 1.54) is 0 Å². The van der Waals surface area contributed by atoms with Crippen LogP contribution in [-0.4, -0.2) is 45.2 Å². The summed E-state index contributed by atoms with van der Waals surface area (Å²) in [6.45, 7) is 8.48. The third kappa shape index (κ3) is 4.22. The lowest BCUT2D eigenvalue weighted by molar-refractivity contribution is 0.360. The van der Waals surface area contributed by atoms with Crippen molar-refractivity contribution in [3.63, 3.8) is 0 Å². The predicted octanol–water partition coefficient (Wildman–Crippen LogP) is 1.28. The molecule has 2 atom stereocenters. The van der Waals surface area contributed by atoms with E-state index in [9.17, 15) is 8.76 Å². The van der Waals surface area contributed by atoms with Crippen molar-refractivity contribution in [3.8, 4) is 0 Å². The van der Waals surface area contributed by atoms with Crippen LogP contribution in [0.5, 0.6) is 0 Å². The second kappa shape index (κ2) is 6.28. The highest BCUT2D eigenvalue weighted by molar-refractivity contribution is 7.98. The van der Waals surface area contributed by atoms with Crippen LogP contribution >= 0.6 is 12.2 Å². The second-order valence-electron chi connectivity index (χ2n) is 4.00. The van der Waals surface area contributed by atoms with Crippen LogP contribution in [0.15, 0.2) is 25.3 Å². The highest BCUT2D eigenvalue weighted by Crippen LogP contribution is 2.21. The van der Waals surface area contributed by atoms with Gasteiger partial charge in [0.1, 0.15) is 5.75 Å². The summed E-state index contributed by atoms with van der Waals surface area (Å²) < 4.78 is 21.1. The van der Waals surface area contributed by atoms with Gasteiger partial charge in [0.05, 0.1) is 6.04 Å². The van der Waals surface area contributed by atoms with E-state index >= 15 is 0 Å². The molecule has 1 aliphatic heterocycles. The average molecular weight is 275 g/mol. The summed E-state index contributed by atoms with van der Waals surface area (Å²) in [5.74, 6) is 0.645. The Morgan fingerprint density at radius 3 is 2.76 bits per heavy atom. The lowest BCUT2D eigenvalue weighted by Crippen LogP contribution is -2.46. The first-order valence-electron chi connectivity index (χ1n) is 5.48. The molecule has 1 saturated heterocycles. The van der Waals surface area contributed by atoms with Gasteiger partial charge in [-0.1, -0.05) is 16.4 Å². The number of hydrogen-bond donors (Lipinski definition) is 2. The highest BCUT2D eigenvalue weighted by atomic mass is 32.3. The number of nitrogens with zero attached hydrogens (tertiary/aromatic N) is 1. The fourth-order valence-corrected chi connectivity index (χ4v) is 3.89. The molecule has 0 radical (unpaired) electrons. The molecule has 0 spiro atoms. The zero-order valence-corrected chi connectivity index (χ0v) is 11.4. The van der Waals surface area contributed by atoms with Crippen LogP contribution in [0.4, 0.5) is 0 Å². The zero-order valence-electron chi connectivity index (χ0n) is 9.80. The van der Waals surface area contributed by atoms with Crippen LogP contribution in [0.1, 0.15) is 6.42 Å². The molecule has 0 aromatic heterocycles. The van der Waals surface area contributed by atoms with Crippen molar-refractivity contribution in [1.82, 2.24) is 10.2 Å². The van der Waals surface area contributed by atoms with Crippen molar-refractivity contribution in [2.75, 3.05) is 24.6 Å². The Hall–Kier alpha value is -0.720. The summed E-state index contributed by atoms with van der Waals surface area (Å²) in [4.78, 5) is 1.93. The van der Waals surface area contributed by atoms with Crippen molar-refractivity contribution in [3.05, 3.63) is 25.3 Å². The van der Waals surface area contributed by atoms with E-state index in [1.54, 1.807) is 12.2 Å². The van der Waals surface area contributed by atoms with Crippen LogP contribution in [-0.2, 0) is 14.4 Å². The molecule has 1 unspecified atom stereocenters. The first-order chi connectivity index (χ1) is 8.00. The molecule has 4 nitrogen and oxygen atoms in total. The van der Waals surface area contributed by atoms with Gasteiger partial charge in [-0.2, -0.15) is 4.55 Å².